The molecule has 0 aliphatic carbocycles. The number of hydrogen-bond donors (Lipinski definition) is 2. The molecular weight excluding hydrogens is 249 g/mol. The Bertz CT molecular complexity index is 423. The maximum absolute atomic E-state index is 13.5. The Kier molecular flexibility index (Phi) is 5.98. The Labute approximate surface area is 112 Å². The summed E-state index contributed by atoms with van der Waals surface area (Å²) >= 11 is 0. The van der Waals surface area contributed by atoms with Crippen LogP contribution in [-0.4, -0.2) is 47.0 Å². The number of carbonyl (C=O) groups is 1. The lowest BCUT2D eigenvalue weighted by Gasteiger charge is -2.19. The molecule has 1 rings (SSSR count). The maximum atomic E-state index is 13.5. The number of likely N-dealkylation sites (N-methyl/N-ethyl adjacent to an activating group) is 1. The van der Waals surface area contributed by atoms with E-state index in [9.17, 15) is 9.18 Å². The van der Waals surface area contributed by atoms with Gasteiger partial charge in [-0.05, 0) is 20.8 Å². The third-order valence-corrected chi connectivity index (χ3v) is 2.60. The van der Waals surface area contributed by atoms with Crippen molar-refractivity contribution in [2.45, 2.75) is 20.8 Å². The van der Waals surface area contributed by atoms with Crippen LogP contribution in [0.25, 0.3) is 0 Å². The van der Waals surface area contributed by atoms with Crippen LogP contribution >= 0.6 is 0 Å². The maximum Gasteiger partial charge on any atom is 0.241 e. The van der Waals surface area contributed by atoms with Crippen molar-refractivity contribution in [3.8, 4) is 0 Å². The summed E-state index contributed by atoms with van der Waals surface area (Å²) in [7, 11) is 0. The molecule has 0 saturated carbocycles. The summed E-state index contributed by atoms with van der Waals surface area (Å²) in [4.78, 5) is 21.2. The molecule has 19 heavy (non-hydrogen) atoms. The van der Waals surface area contributed by atoms with E-state index in [0.717, 1.165) is 6.20 Å². The first kappa shape index (κ1) is 15.1. The second-order valence-electron chi connectivity index (χ2n) is 3.84. The lowest BCUT2D eigenvalue weighted by molar-refractivity contribution is -0.128. The molecule has 0 unspecified atom stereocenters. The van der Waals surface area contributed by atoms with Crippen LogP contribution in [0.5, 0.6) is 0 Å². The normalized spacial score (nSPS) is 10.1. The van der Waals surface area contributed by atoms with E-state index >= 15 is 0 Å². The second kappa shape index (κ2) is 7.50. The average Bonchev–Trinajstić information content (AvgIpc) is 2.41. The number of anilines is 2. The van der Waals surface area contributed by atoms with E-state index in [4.69, 9.17) is 0 Å². The lowest BCUT2D eigenvalue weighted by Crippen LogP contribution is -2.35. The highest BCUT2D eigenvalue weighted by molar-refractivity contribution is 5.80. The fraction of sp³-hybridized carbons (Fsp3) is 0.583. The molecule has 1 aromatic rings. The largest absolute Gasteiger partial charge is 0.358 e. The fourth-order valence-corrected chi connectivity index (χ4v) is 1.58. The van der Waals surface area contributed by atoms with Gasteiger partial charge in [0.15, 0.2) is 11.6 Å². The Morgan fingerprint density at radius 1 is 1.32 bits per heavy atom. The quantitative estimate of drug-likeness (QED) is 0.781. The van der Waals surface area contributed by atoms with Gasteiger partial charge in [-0.1, -0.05) is 0 Å². The van der Waals surface area contributed by atoms with E-state index < -0.39 is 5.82 Å². The van der Waals surface area contributed by atoms with Crippen molar-refractivity contribution in [1.82, 2.24) is 14.9 Å². The summed E-state index contributed by atoms with van der Waals surface area (Å²) in [6.45, 7) is 7.61. The number of hydrogen-bond acceptors (Lipinski definition) is 5. The van der Waals surface area contributed by atoms with Crippen LogP contribution in [0, 0.1) is 5.82 Å². The molecule has 0 aliphatic heterocycles. The number of carbonyl (C=O) groups excluding carboxylic acids is 1. The smallest absolute Gasteiger partial charge is 0.241 e. The van der Waals surface area contributed by atoms with Crippen LogP contribution in [0.4, 0.5) is 16.2 Å². The van der Waals surface area contributed by atoms with Crippen molar-refractivity contribution in [2.24, 2.45) is 0 Å². The predicted molar refractivity (Wildman–Crippen MR) is 72.6 cm³/mol. The molecule has 2 N–H and O–H groups in total. The monoisotopic (exact) mass is 269 g/mol. The molecule has 6 nitrogen and oxygen atoms in total. The first-order valence-corrected chi connectivity index (χ1v) is 6.40. The highest BCUT2D eigenvalue weighted by Crippen LogP contribution is 2.11. The van der Waals surface area contributed by atoms with Crippen molar-refractivity contribution in [1.29, 1.82) is 0 Å². The molecule has 0 radical (unpaired) electrons. The van der Waals surface area contributed by atoms with Gasteiger partial charge in [-0.25, -0.2) is 9.37 Å². The number of aromatic nitrogens is 2. The third-order valence-electron chi connectivity index (χ3n) is 2.60. The molecule has 7 heteroatoms. The molecule has 0 spiro atoms. The first-order chi connectivity index (χ1) is 9.12. The van der Waals surface area contributed by atoms with Gasteiger partial charge in [-0.15, -0.1) is 0 Å². The van der Waals surface area contributed by atoms with E-state index in [1.165, 1.54) is 0 Å². The summed E-state index contributed by atoms with van der Waals surface area (Å²) in [6.07, 6.45) is 1.08. The number of nitrogens with one attached hydrogen (secondary N) is 2. The van der Waals surface area contributed by atoms with E-state index in [1.807, 2.05) is 20.8 Å². The van der Waals surface area contributed by atoms with Gasteiger partial charge < -0.3 is 15.5 Å². The molecule has 0 aromatic carbocycles. The molecule has 0 bridgehead atoms. The van der Waals surface area contributed by atoms with E-state index in [1.54, 1.807) is 4.90 Å². The minimum atomic E-state index is -0.575. The SMILES string of the molecule is CCNc1ncc(F)c(NCC(=O)N(CC)CC)n1. The topological polar surface area (TPSA) is 70.2 Å². The minimum absolute atomic E-state index is 0.0151. The van der Waals surface area contributed by atoms with Gasteiger partial charge in [-0.2, -0.15) is 4.98 Å². The van der Waals surface area contributed by atoms with Gasteiger partial charge in [0.25, 0.3) is 0 Å². The summed E-state index contributed by atoms with van der Waals surface area (Å²) < 4.78 is 13.5. The molecule has 1 aromatic heterocycles. The zero-order valence-electron chi connectivity index (χ0n) is 11.5. The molecule has 1 heterocycles. The number of rotatable bonds is 7. The van der Waals surface area contributed by atoms with Crippen molar-refractivity contribution in [3.63, 3.8) is 0 Å². The van der Waals surface area contributed by atoms with Crippen LogP contribution in [0.1, 0.15) is 20.8 Å². The summed E-state index contributed by atoms with van der Waals surface area (Å²) in [5.74, 6) is -0.296. The van der Waals surface area contributed by atoms with E-state index in [-0.39, 0.29) is 18.3 Å². The zero-order chi connectivity index (χ0) is 14.3. The molecular formula is C12H20FN5O. The van der Waals surface area contributed by atoms with E-state index in [2.05, 4.69) is 20.6 Å². The minimum Gasteiger partial charge on any atom is -0.358 e. The Morgan fingerprint density at radius 3 is 2.58 bits per heavy atom. The predicted octanol–water partition coefficient (Wildman–Crippen LogP) is 1.33. The fourth-order valence-electron chi connectivity index (χ4n) is 1.58. The molecule has 1 amide bonds. The average molecular weight is 269 g/mol. The third kappa shape index (κ3) is 4.35. The van der Waals surface area contributed by atoms with Crippen LogP contribution in [0.2, 0.25) is 0 Å². The first-order valence-electron chi connectivity index (χ1n) is 6.40. The molecule has 0 atom stereocenters. The second-order valence-corrected chi connectivity index (χ2v) is 3.84. The number of amides is 1. The molecule has 106 valence electrons. The van der Waals surface area contributed by atoms with Crippen molar-refractivity contribution in [2.75, 3.05) is 36.8 Å². The Morgan fingerprint density at radius 2 is 2.00 bits per heavy atom. The van der Waals surface area contributed by atoms with Crippen LogP contribution in [-0.2, 0) is 4.79 Å². The Hall–Kier alpha value is -1.92. The summed E-state index contributed by atoms with van der Waals surface area (Å²) in [6, 6.07) is 0. The highest BCUT2D eigenvalue weighted by atomic mass is 19.1. The summed E-state index contributed by atoms with van der Waals surface area (Å²) in [5.41, 5.74) is 0. The number of halogens is 1. The lowest BCUT2D eigenvalue weighted by atomic mass is 10.4. The highest BCUT2D eigenvalue weighted by Gasteiger charge is 2.12. The zero-order valence-corrected chi connectivity index (χ0v) is 11.5. The van der Waals surface area contributed by atoms with Gasteiger partial charge >= 0.3 is 0 Å². The van der Waals surface area contributed by atoms with Crippen molar-refractivity contribution >= 4 is 17.7 Å². The van der Waals surface area contributed by atoms with Gasteiger partial charge in [-0.3, -0.25) is 4.79 Å². The Balaban J connectivity index is 2.66. The van der Waals surface area contributed by atoms with Crippen molar-refractivity contribution < 1.29 is 9.18 Å². The molecule has 0 saturated heterocycles. The van der Waals surface area contributed by atoms with Crippen LogP contribution in [0.3, 0.4) is 0 Å². The van der Waals surface area contributed by atoms with E-state index in [0.29, 0.717) is 25.6 Å². The summed E-state index contributed by atoms with van der Waals surface area (Å²) in [5, 5.41) is 5.59. The van der Waals surface area contributed by atoms with Crippen LogP contribution < -0.4 is 10.6 Å². The van der Waals surface area contributed by atoms with Gasteiger partial charge in [0.1, 0.15) is 0 Å². The molecule has 0 aliphatic rings. The van der Waals surface area contributed by atoms with Crippen molar-refractivity contribution in [3.05, 3.63) is 12.0 Å². The van der Waals surface area contributed by atoms with Gasteiger partial charge in [0.2, 0.25) is 11.9 Å². The molecule has 0 fully saturated rings. The van der Waals surface area contributed by atoms with Crippen LogP contribution in [0.15, 0.2) is 6.20 Å². The van der Waals surface area contributed by atoms with Gasteiger partial charge in [0, 0.05) is 19.6 Å². The van der Waals surface area contributed by atoms with Gasteiger partial charge in [0.05, 0.1) is 12.7 Å². The number of nitrogens with zero attached hydrogens (tertiary/aromatic N) is 3. The standard InChI is InChI=1S/C12H20FN5O/c1-4-14-12-16-7-9(13)11(17-12)15-8-10(19)18(5-2)6-3/h7H,4-6,8H2,1-3H3,(H2,14,15,16,17).